The van der Waals surface area contributed by atoms with Crippen molar-refractivity contribution in [2.45, 2.75) is 24.8 Å². The lowest BCUT2D eigenvalue weighted by atomic mass is 9.82. The smallest absolute Gasteiger partial charge is 0.339 e. The predicted octanol–water partition coefficient (Wildman–Crippen LogP) is 3.92. The van der Waals surface area contributed by atoms with Gasteiger partial charge in [0.15, 0.2) is 4.87 Å². The summed E-state index contributed by atoms with van der Waals surface area (Å²) in [7, 11) is 0. The number of nitrogens with one attached hydrogen (secondary N) is 1. The maximum Gasteiger partial charge on any atom is 0.339 e. The molecule has 154 valence electrons. The van der Waals surface area contributed by atoms with E-state index in [-0.39, 0.29) is 0 Å². The number of carbonyl (C=O) groups excluding carboxylic acids is 1. The molecule has 2 unspecified atom stereocenters. The van der Waals surface area contributed by atoms with E-state index in [1.165, 1.54) is 12.7 Å². The van der Waals surface area contributed by atoms with Crippen LogP contribution < -0.4 is 15.0 Å². The minimum atomic E-state index is -1.51. The van der Waals surface area contributed by atoms with Crippen molar-refractivity contribution in [1.82, 2.24) is 15.0 Å². The molecule has 0 bridgehead atoms. The SMILES string of the molecule is CCN(CC)c1cccc2c1C(Nc1ncncn1)C(Cl)(c1ccccc1)C(=O)O2. The molecule has 0 fully saturated rings. The summed E-state index contributed by atoms with van der Waals surface area (Å²) in [5, 5.41) is 3.28. The van der Waals surface area contributed by atoms with Crippen LogP contribution in [-0.4, -0.2) is 34.0 Å². The highest BCUT2D eigenvalue weighted by Gasteiger charge is 2.53. The fraction of sp³-hybridized carbons (Fsp3) is 0.273. The monoisotopic (exact) mass is 423 g/mol. The molecule has 0 spiro atoms. The molecule has 4 rings (SSSR count). The first kappa shape index (κ1) is 20.1. The van der Waals surface area contributed by atoms with Gasteiger partial charge in [0, 0.05) is 24.3 Å². The van der Waals surface area contributed by atoms with E-state index in [1.54, 1.807) is 6.07 Å². The number of alkyl halides is 1. The summed E-state index contributed by atoms with van der Waals surface area (Å²) in [5.74, 6) is 0.250. The molecule has 1 aliphatic rings. The van der Waals surface area contributed by atoms with Gasteiger partial charge in [0.2, 0.25) is 5.95 Å². The van der Waals surface area contributed by atoms with E-state index in [0.29, 0.717) is 17.3 Å². The summed E-state index contributed by atoms with van der Waals surface area (Å²) in [5.41, 5.74) is 2.36. The Morgan fingerprint density at radius 1 is 1.07 bits per heavy atom. The van der Waals surface area contributed by atoms with Gasteiger partial charge in [-0.05, 0) is 31.5 Å². The Labute approximate surface area is 180 Å². The Bertz CT molecular complexity index is 1030. The molecule has 0 saturated heterocycles. The second kappa shape index (κ2) is 8.28. The number of rotatable bonds is 6. The lowest BCUT2D eigenvalue weighted by Crippen LogP contribution is -2.47. The highest BCUT2D eigenvalue weighted by Crippen LogP contribution is 2.52. The molecule has 2 atom stereocenters. The molecule has 1 aliphatic heterocycles. The molecule has 0 saturated carbocycles. The lowest BCUT2D eigenvalue weighted by molar-refractivity contribution is -0.139. The number of hydrogen-bond donors (Lipinski definition) is 1. The highest BCUT2D eigenvalue weighted by molar-refractivity contribution is 6.35. The first-order valence-corrected chi connectivity index (χ1v) is 10.2. The second-order valence-electron chi connectivity index (χ2n) is 6.87. The highest BCUT2D eigenvalue weighted by atomic mass is 35.5. The van der Waals surface area contributed by atoms with Crippen molar-refractivity contribution in [3.05, 3.63) is 72.3 Å². The first-order chi connectivity index (χ1) is 14.6. The zero-order valence-corrected chi connectivity index (χ0v) is 17.5. The Kier molecular flexibility index (Phi) is 5.55. The molecule has 0 amide bonds. The van der Waals surface area contributed by atoms with Gasteiger partial charge in [-0.1, -0.05) is 48.0 Å². The fourth-order valence-corrected chi connectivity index (χ4v) is 4.15. The summed E-state index contributed by atoms with van der Waals surface area (Å²) in [6, 6.07) is 14.2. The summed E-state index contributed by atoms with van der Waals surface area (Å²) in [6.45, 7) is 5.74. The van der Waals surface area contributed by atoms with Gasteiger partial charge in [0.25, 0.3) is 0 Å². The summed E-state index contributed by atoms with van der Waals surface area (Å²) < 4.78 is 5.76. The van der Waals surface area contributed by atoms with Gasteiger partial charge < -0.3 is 15.0 Å². The zero-order chi connectivity index (χ0) is 21.1. The van der Waals surface area contributed by atoms with Crippen LogP contribution in [0, 0.1) is 0 Å². The number of benzene rings is 2. The fourth-order valence-electron chi connectivity index (χ4n) is 3.82. The van der Waals surface area contributed by atoms with Gasteiger partial charge in [-0.2, -0.15) is 0 Å². The molecule has 30 heavy (non-hydrogen) atoms. The third kappa shape index (κ3) is 3.35. The number of nitrogens with zero attached hydrogens (tertiary/aromatic N) is 4. The summed E-state index contributed by atoms with van der Waals surface area (Å²) >= 11 is 7.13. The van der Waals surface area contributed by atoms with E-state index in [2.05, 4.69) is 39.0 Å². The molecule has 0 radical (unpaired) electrons. The average molecular weight is 424 g/mol. The third-order valence-electron chi connectivity index (χ3n) is 5.29. The zero-order valence-electron chi connectivity index (χ0n) is 16.7. The van der Waals surface area contributed by atoms with E-state index >= 15 is 0 Å². The van der Waals surface area contributed by atoms with Crippen LogP contribution in [-0.2, 0) is 9.67 Å². The van der Waals surface area contributed by atoms with Crippen LogP contribution in [0.1, 0.15) is 31.0 Å². The molecular weight excluding hydrogens is 402 g/mol. The quantitative estimate of drug-likeness (QED) is 0.365. The van der Waals surface area contributed by atoms with Gasteiger partial charge in [-0.25, -0.2) is 19.7 Å². The minimum absolute atomic E-state index is 0.325. The number of aromatic nitrogens is 3. The molecule has 1 N–H and O–H groups in total. The molecule has 3 aromatic rings. The van der Waals surface area contributed by atoms with Crippen molar-refractivity contribution in [1.29, 1.82) is 0 Å². The van der Waals surface area contributed by atoms with Gasteiger partial charge in [0.1, 0.15) is 18.4 Å². The maximum absolute atomic E-state index is 13.2. The van der Waals surface area contributed by atoms with Crippen molar-refractivity contribution < 1.29 is 9.53 Å². The third-order valence-corrected chi connectivity index (χ3v) is 5.88. The molecule has 7 nitrogen and oxygen atoms in total. The molecule has 2 heterocycles. The predicted molar refractivity (Wildman–Crippen MR) is 116 cm³/mol. The number of fused-ring (bicyclic) bond motifs is 1. The van der Waals surface area contributed by atoms with Gasteiger partial charge >= 0.3 is 5.97 Å². The molecule has 0 aliphatic carbocycles. The van der Waals surface area contributed by atoms with E-state index in [1.807, 2.05) is 42.5 Å². The average Bonchev–Trinajstić information content (AvgIpc) is 2.79. The standard InChI is InChI=1S/C22H22ClN5O2/c1-3-28(4-2)16-11-8-12-17-18(16)19(27-21-25-13-24-14-26-21)22(23,20(29)30-17)15-9-6-5-7-10-15/h5-14,19H,3-4H2,1-2H3,(H,24,25,26,27). The van der Waals surface area contributed by atoms with E-state index in [0.717, 1.165) is 24.3 Å². The van der Waals surface area contributed by atoms with E-state index in [9.17, 15) is 4.79 Å². The molecule has 2 aromatic carbocycles. The summed E-state index contributed by atoms with van der Waals surface area (Å²) in [4.78, 5) is 26.2. The van der Waals surface area contributed by atoms with Crippen molar-refractivity contribution >= 4 is 29.2 Å². The normalized spacial score (nSPS) is 20.2. The Morgan fingerprint density at radius 3 is 2.43 bits per heavy atom. The van der Waals surface area contributed by atoms with E-state index in [4.69, 9.17) is 16.3 Å². The lowest BCUT2D eigenvalue weighted by Gasteiger charge is -2.41. The van der Waals surface area contributed by atoms with Gasteiger partial charge in [0.05, 0.1) is 6.04 Å². The maximum atomic E-state index is 13.2. The molecular formula is C22H22ClN5O2. The van der Waals surface area contributed by atoms with Crippen molar-refractivity contribution in [3.8, 4) is 5.75 Å². The Morgan fingerprint density at radius 2 is 1.77 bits per heavy atom. The number of anilines is 2. The van der Waals surface area contributed by atoms with Crippen LogP contribution in [0.15, 0.2) is 61.2 Å². The molecule has 1 aromatic heterocycles. The van der Waals surface area contributed by atoms with Crippen LogP contribution in [0.5, 0.6) is 5.75 Å². The largest absolute Gasteiger partial charge is 0.424 e. The summed E-state index contributed by atoms with van der Waals surface area (Å²) in [6.07, 6.45) is 2.79. The van der Waals surface area contributed by atoms with Gasteiger partial charge in [-0.3, -0.25) is 0 Å². The Hall–Kier alpha value is -3.19. The second-order valence-corrected chi connectivity index (χ2v) is 7.46. The van der Waals surface area contributed by atoms with Crippen molar-refractivity contribution in [2.24, 2.45) is 0 Å². The van der Waals surface area contributed by atoms with Crippen LogP contribution in [0.4, 0.5) is 11.6 Å². The number of esters is 1. The van der Waals surface area contributed by atoms with Crippen LogP contribution in [0.2, 0.25) is 0 Å². The first-order valence-electron chi connectivity index (χ1n) is 9.82. The number of halogens is 1. The Balaban J connectivity index is 1.95. The minimum Gasteiger partial charge on any atom is -0.424 e. The van der Waals surface area contributed by atoms with E-state index < -0.39 is 16.9 Å². The van der Waals surface area contributed by atoms with Gasteiger partial charge in [-0.15, -0.1) is 0 Å². The van der Waals surface area contributed by atoms with Crippen LogP contribution in [0.25, 0.3) is 0 Å². The molecule has 8 heteroatoms. The van der Waals surface area contributed by atoms with Crippen molar-refractivity contribution in [2.75, 3.05) is 23.3 Å². The van der Waals surface area contributed by atoms with Crippen molar-refractivity contribution in [3.63, 3.8) is 0 Å². The number of hydrogen-bond acceptors (Lipinski definition) is 7. The van der Waals surface area contributed by atoms with Crippen LogP contribution in [0.3, 0.4) is 0 Å². The number of carbonyl (C=O) groups is 1. The number of ether oxygens (including phenoxy) is 1. The topological polar surface area (TPSA) is 80.2 Å². The van der Waals surface area contributed by atoms with Crippen LogP contribution >= 0.6 is 11.6 Å².